The van der Waals surface area contributed by atoms with Gasteiger partial charge in [0.2, 0.25) is 0 Å². The average Bonchev–Trinajstić information content (AvgIpc) is 2.85. The molecule has 0 aliphatic carbocycles. The molecule has 0 aromatic heterocycles. The highest BCUT2D eigenvalue weighted by Crippen LogP contribution is 2.25. The average molecular weight is 597 g/mol. The van der Waals surface area contributed by atoms with Crippen LogP contribution in [0.15, 0.2) is 71.2 Å². The summed E-state index contributed by atoms with van der Waals surface area (Å²) in [6.45, 7) is 11.2. The monoisotopic (exact) mass is 595 g/mol. The highest BCUT2D eigenvalue weighted by atomic mass is 79.9. The summed E-state index contributed by atoms with van der Waals surface area (Å²) in [7, 11) is 0. The number of amides is 2. The maximum Gasteiger partial charge on any atom is 0.261 e. The van der Waals surface area contributed by atoms with Gasteiger partial charge in [-0.3, -0.25) is 14.9 Å². The molecule has 0 unspecified atom stereocenters. The third-order valence-corrected chi connectivity index (χ3v) is 6.48. The number of nitrogens with one attached hydrogen (secondary N) is 3. The Kier molecular flexibility index (Phi) is 10.1. The van der Waals surface area contributed by atoms with Crippen molar-refractivity contribution in [2.45, 2.75) is 46.5 Å². The van der Waals surface area contributed by atoms with Crippen LogP contribution >= 0.6 is 28.1 Å². The largest absolute Gasteiger partial charge is 0.493 e. The standard InChI is InChI=1S/C30H34BrN3O3S/c1-19(2)16-17-37-26-15-10-22(31)18-25(26)28(36)34-29(38)33-24-13-11-23(12-14-24)32-27(35)20-6-8-21(9-7-20)30(3,4)5/h6-15,18-19H,16-17H2,1-5H3,(H,32,35)(H2,33,34,36,38). The van der Waals surface area contributed by atoms with Crippen LogP contribution in [0.4, 0.5) is 11.4 Å². The van der Waals surface area contributed by atoms with Crippen LogP contribution in [0.1, 0.15) is 67.3 Å². The molecule has 8 heteroatoms. The van der Waals surface area contributed by atoms with Crippen molar-refractivity contribution in [1.29, 1.82) is 0 Å². The predicted octanol–water partition coefficient (Wildman–Crippen LogP) is 7.55. The van der Waals surface area contributed by atoms with Gasteiger partial charge in [0.25, 0.3) is 11.8 Å². The van der Waals surface area contributed by atoms with Crippen LogP contribution in [0, 0.1) is 5.92 Å². The quantitative estimate of drug-likeness (QED) is 0.234. The summed E-state index contributed by atoms with van der Waals surface area (Å²) in [5.74, 6) is 0.445. The van der Waals surface area contributed by atoms with Crippen molar-refractivity contribution in [1.82, 2.24) is 5.32 Å². The molecule has 38 heavy (non-hydrogen) atoms. The molecule has 0 saturated carbocycles. The molecule has 0 atom stereocenters. The topological polar surface area (TPSA) is 79.5 Å². The van der Waals surface area contributed by atoms with Crippen LogP contribution < -0.4 is 20.7 Å². The van der Waals surface area contributed by atoms with Crippen molar-refractivity contribution < 1.29 is 14.3 Å². The fourth-order valence-corrected chi connectivity index (χ4v) is 4.08. The first kappa shape index (κ1) is 29.3. The predicted molar refractivity (Wildman–Crippen MR) is 162 cm³/mol. The van der Waals surface area contributed by atoms with E-state index < -0.39 is 0 Å². The van der Waals surface area contributed by atoms with Gasteiger partial charge in [-0.1, -0.05) is 62.7 Å². The minimum atomic E-state index is -0.371. The van der Waals surface area contributed by atoms with E-state index in [0.29, 0.717) is 40.8 Å². The molecule has 3 N–H and O–H groups in total. The number of carbonyl (C=O) groups excluding carboxylic acids is 2. The molecule has 0 aliphatic rings. The van der Waals surface area contributed by atoms with Crippen LogP contribution in [0.5, 0.6) is 5.75 Å². The Morgan fingerprint density at radius 2 is 1.50 bits per heavy atom. The summed E-state index contributed by atoms with van der Waals surface area (Å²) in [5, 5.41) is 8.76. The Bertz CT molecular complexity index is 1280. The van der Waals surface area contributed by atoms with Crippen LogP contribution in [0.3, 0.4) is 0 Å². The van der Waals surface area contributed by atoms with Gasteiger partial charge in [-0.2, -0.15) is 0 Å². The summed E-state index contributed by atoms with van der Waals surface area (Å²) in [4.78, 5) is 25.6. The lowest BCUT2D eigenvalue weighted by Gasteiger charge is -2.19. The molecule has 200 valence electrons. The molecule has 0 fully saturated rings. The smallest absolute Gasteiger partial charge is 0.261 e. The minimum Gasteiger partial charge on any atom is -0.493 e. The first-order chi connectivity index (χ1) is 17.9. The molecule has 3 aromatic carbocycles. The van der Waals surface area contributed by atoms with E-state index >= 15 is 0 Å². The third kappa shape index (κ3) is 8.67. The van der Waals surface area contributed by atoms with Crippen LogP contribution in [-0.2, 0) is 5.41 Å². The van der Waals surface area contributed by atoms with Crippen molar-refractivity contribution in [2.24, 2.45) is 5.92 Å². The number of thiocarbonyl (C=S) groups is 1. The summed E-state index contributed by atoms with van der Waals surface area (Å²) in [5.41, 5.74) is 3.49. The van der Waals surface area contributed by atoms with Gasteiger partial charge >= 0.3 is 0 Å². The molecule has 3 aromatic rings. The lowest BCUT2D eigenvalue weighted by Crippen LogP contribution is -2.34. The number of hydrogen-bond donors (Lipinski definition) is 3. The summed E-state index contributed by atoms with van der Waals surface area (Å²) >= 11 is 8.76. The molecule has 0 radical (unpaired) electrons. The summed E-state index contributed by atoms with van der Waals surface area (Å²) < 4.78 is 6.61. The Morgan fingerprint density at radius 1 is 0.895 bits per heavy atom. The highest BCUT2D eigenvalue weighted by molar-refractivity contribution is 9.10. The van der Waals surface area contributed by atoms with Crippen LogP contribution in [0.2, 0.25) is 0 Å². The van der Waals surface area contributed by atoms with Gasteiger partial charge in [-0.15, -0.1) is 0 Å². The first-order valence-electron chi connectivity index (χ1n) is 12.5. The maximum atomic E-state index is 12.9. The first-order valence-corrected chi connectivity index (χ1v) is 13.7. The number of ether oxygens (including phenoxy) is 1. The number of benzene rings is 3. The van der Waals surface area contributed by atoms with Gasteiger partial charge in [-0.05, 0) is 90.1 Å². The van der Waals surface area contributed by atoms with Crippen LogP contribution in [-0.4, -0.2) is 23.5 Å². The van der Waals surface area contributed by atoms with Gasteiger partial charge in [0.15, 0.2) is 5.11 Å². The van der Waals surface area contributed by atoms with E-state index in [1.807, 2.05) is 30.3 Å². The van der Waals surface area contributed by atoms with E-state index in [1.165, 1.54) is 5.56 Å². The molecular formula is C30H34BrN3O3S. The van der Waals surface area contributed by atoms with E-state index in [4.69, 9.17) is 17.0 Å². The summed E-state index contributed by atoms with van der Waals surface area (Å²) in [6.07, 6.45) is 0.886. The number of halogens is 1. The Morgan fingerprint density at radius 3 is 2.08 bits per heavy atom. The molecule has 0 spiro atoms. The fraction of sp³-hybridized carbons (Fsp3) is 0.300. The van der Waals surface area contributed by atoms with Crippen LogP contribution in [0.25, 0.3) is 0 Å². The molecule has 0 heterocycles. The second-order valence-corrected chi connectivity index (χ2v) is 11.8. The SMILES string of the molecule is CC(C)CCOc1ccc(Br)cc1C(=O)NC(=S)Nc1ccc(NC(=O)c2ccc(C(C)(C)C)cc2)cc1. The Hall–Kier alpha value is -3.23. The van der Waals surface area contributed by atoms with Gasteiger partial charge in [0.1, 0.15) is 5.75 Å². The second kappa shape index (κ2) is 13.0. The molecule has 3 rings (SSSR count). The molecular weight excluding hydrogens is 562 g/mol. The number of hydrogen-bond acceptors (Lipinski definition) is 4. The maximum absolute atomic E-state index is 12.9. The number of rotatable bonds is 8. The normalized spacial score (nSPS) is 11.1. The van der Waals surface area contributed by atoms with E-state index in [9.17, 15) is 9.59 Å². The number of carbonyl (C=O) groups is 2. The van der Waals surface area contributed by atoms with Crippen molar-refractivity contribution in [3.63, 3.8) is 0 Å². The van der Waals surface area contributed by atoms with Gasteiger partial charge < -0.3 is 15.4 Å². The zero-order valence-electron chi connectivity index (χ0n) is 22.4. The van der Waals surface area contributed by atoms with Gasteiger partial charge in [-0.25, -0.2) is 0 Å². The van der Waals surface area contributed by atoms with Gasteiger partial charge in [0, 0.05) is 21.4 Å². The molecule has 0 saturated heterocycles. The van der Waals surface area contributed by atoms with Crippen molar-refractivity contribution >= 4 is 56.4 Å². The second-order valence-electron chi connectivity index (χ2n) is 10.4. The van der Waals surface area contributed by atoms with E-state index in [0.717, 1.165) is 10.9 Å². The zero-order valence-corrected chi connectivity index (χ0v) is 24.8. The lowest BCUT2D eigenvalue weighted by molar-refractivity contribution is 0.0972. The molecule has 0 aliphatic heterocycles. The Balaban J connectivity index is 1.57. The Labute approximate surface area is 238 Å². The molecule has 6 nitrogen and oxygen atoms in total. The number of anilines is 2. The molecule has 0 bridgehead atoms. The van der Waals surface area contributed by atoms with E-state index in [-0.39, 0.29) is 22.3 Å². The highest BCUT2D eigenvalue weighted by Gasteiger charge is 2.16. The lowest BCUT2D eigenvalue weighted by atomic mass is 9.87. The van der Waals surface area contributed by atoms with Crippen molar-refractivity contribution in [3.05, 3.63) is 87.9 Å². The fourth-order valence-electron chi connectivity index (χ4n) is 3.50. The molecule has 2 amide bonds. The van der Waals surface area contributed by atoms with Gasteiger partial charge in [0.05, 0.1) is 12.2 Å². The van der Waals surface area contributed by atoms with Crippen molar-refractivity contribution in [3.8, 4) is 5.75 Å². The van der Waals surface area contributed by atoms with E-state index in [2.05, 4.69) is 66.5 Å². The van der Waals surface area contributed by atoms with E-state index in [1.54, 1.807) is 36.4 Å². The third-order valence-electron chi connectivity index (χ3n) is 5.78. The van der Waals surface area contributed by atoms with Crippen molar-refractivity contribution in [2.75, 3.05) is 17.2 Å². The minimum absolute atomic E-state index is 0.0271. The summed E-state index contributed by atoms with van der Waals surface area (Å²) in [6, 6.07) is 20.0. The zero-order chi connectivity index (χ0) is 27.9.